The summed E-state index contributed by atoms with van der Waals surface area (Å²) in [6, 6.07) is 0. The summed E-state index contributed by atoms with van der Waals surface area (Å²) in [5.41, 5.74) is 13.7. The third-order valence-corrected chi connectivity index (χ3v) is 2.57. The first-order valence-electron chi connectivity index (χ1n) is 4.99. The van der Waals surface area contributed by atoms with E-state index in [0.717, 1.165) is 0 Å². The topological polar surface area (TPSA) is 86.2 Å². The number of carbonyl (C=O) groups excluding carboxylic acids is 2. The van der Waals surface area contributed by atoms with Gasteiger partial charge >= 0.3 is 0 Å². The second kappa shape index (κ2) is 3.81. The van der Waals surface area contributed by atoms with Gasteiger partial charge in [-0.15, -0.1) is 0 Å². The molecule has 2 aliphatic rings. The third-order valence-electron chi connectivity index (χ3n) is 2.57. The summed E-state index contributed by atoms with van der Waals surface area (Å²) < 4.78 is 0. The van der Waals surface area contributed by atoms with E-state index in [9.17, 15) is 9.59 Å². The molecular formula is C12H12N2O2. The minimum Gasteiger partial charge on any atom is -0.398 e. The lowest BCUT2D eigenvalue weighted by Crippen LogP contribution is -2.17. The Morgan fingerprint density at radius 3 is 1.56 bits per heavy atom. The molecule has 4 nitrogen and oxygen atoms in total. The van der Waals surface area contributed by atoms with Gasteiger partial charge in [0.2, 0.25) is 0 Å². The Bertz CT molecular complexity index is 447. The second-order valence-corrected chi connectivity index (χ2v) is 3.78. The lowest BCUT2D eigenvalue weighted by Gasteiger charge is -2.18. The van der Waals surface area contributed by atoms with E-state index in [1.165, 1.54) is 12.2 Å². The van der Waals surface area contributed by atoms with Crippen LogP contribution in [0.4, 0.5) is 0 Å². The van der Waals surface area contributed by atoms with Gasteiger partial charge in [0.05, 0.1) is 0 Å². The molecule has 0 aromatic rings. The first kappa shape index (κ1) is 10.4. The molecule has 0 radical (unpaired) electrons. The highest BCUT2D eigenvalue weighted by atomic mass is 16.1. The van der Waals surface area contributed by atoms with Gasteiger partial charge in [0.25, 0.3) is 0 Å². The first-order valence-corrected chi connectivity index (χ1v) is 4.99. The zero-order valence-electron chi connectivity index (χ0n) is 8.69. The SMILES string of the molecule is NC1=CCC(=O)C=C1C1=CC(=O)CC=C1N. The largest absolute Gasteiger partial charge is 0.398 e. The summed E-state index contributed by atoms with van der Waals surface area (Å²) in [6.45, 7) is 0. The van der Waals surface area contributed by atoms with E-state index in [1.54, 1.807) is 12.2 Å². The van der Waals surface area contributed by atoms with Crippen molar-refractivity contribution in [1.29, 1.82) is 0 Å². The molecule has 0 fully saturated rings. The van der Waals surface area contributed by atoms with Crippen LogP contribution in [-0.2, 0) is 9.59 Å². The van der Waals surface area contributed by atoms with Crippen molar-refractivity contribution in [3.63, 3.8) is 0 Å². The summed E-state index contributed by atoms with van der Waals surface area (Å²) in [4.78, 5) is 22.6. The van der Waals surface area contributed by atoms with Gasteiger partial charge in [-0.3, -0.25) is 9.59 Å². The van der Waals surface area contributed by atoms with Crippen molar-refractivity contribution in [2.24, 2.45) is 11.5 Å². The molecule has 4 N–H and O–H groups in total. The van der Waals surface area contributed by atoms with Crippen molar-refractivity contribution in [3.05, 3.63) is 46.8 Å². The molecule has 4 heteroatoms. The van der Waals surface area contributed by atoms with Crippen molar-refractivity contribution in [2.45, 2.75) is 12.8 Å². The van der Waals surface area contributed by atoms with Crippen LogP contribution in [0.15, 0.2) is 46.8 Å². The third kappa shape index (κ3) is 1.82. The summed E-state index contributed by atoms with van der Waals surface area (Å²) in [5.74, 6) is -0.0631. The number of nitrogens with two attached hydrogens (primary N) is 2. The molecule has 0 spiro atoms. The van der Waals surface area contributed by atoms with Crippen molar-refractivity contribution < 1.29 is 9.59 Å². The predicted octanol–water partition coefficient (Wildman–Crippen LogP) is 0.470. The van der Waals surface area contributed by atoms with Gasteiger partial charge in [-0.25, -0.2) is 0 Å². The Hall–Kier alpha value is -2.10. The standard InChI is InChI=1S/C12H12N2O2/c13-11-3-1-7(15)5-9(11)10-6-8(16)2-4-12(10)14/h3-6H,1-2,13-14H2. The molecule has 0 amide bonds. The molecule has 0 saturated heterocycles. The number of hydrogen-bond donors (Lipinski definition) is 2. The molecule has 2 rings (SSSR count). The maximum atomic E-state index is 11.3. The van der Waals surface area contributed by atoms with Crippen LogP contribution in [-0.4, -0.2) is 11.6 Å². The highest BCUT2D eigenvalue weighted by molar-refractivity contribution is 5.98. The minimum atomic E-state index is -0.0316. The molecule has 0 atom stereocenters. The maximum absolute atomic E-state index is 11.3. The van der Waals surface area contributed by atoms with Crippen molar-refractivity contribution in [3.8, 4) is 0 Å². The highest BCUT2D eigenvalue weighted by Crippen LogP contribution is 2.26. The average Bonchev–Trinajstić information content (AvgIpc) is 2.25. The van der Waals surface area contributed by atoms with E-state index in [1.807, 2.05) is 0 Å². The lowest BCUT2D eigenvalue weighted by molar-refractivity contribution is -0.114. The zero-order chi connectivity index (χ0) is 11.7. The van der Waals surface area contributed by atoms with Crippen LogP contribution in [0.2, 0.25) is 0 Å². The van der Waals surface area contributed by atoms with Crippen molar-refractivity contribution >= 4 is 11.6 Å². The van der Waals surface area contributed by atoms with E-state index in [2.05, 4.69) is 0 Å². The maximum Gasteiger partial charge on any atom is 0.160 e. The predicted molar refractivity (Wildman–Crippen MR) is 60.0 cm³/mol. The lowest BCUT2D eigenvalue weighted by atomic mass is 9.90. The smallest absolute Gasteiger partial charge is 0.160 e. The molecule has 82 valence electrons. The molecular weight excluding hydrogens is 204 g/mol. The number of ketones is 2. The van der Waals surface area contributed by atoms with Crippen LogP contribution < -0.4 is 11.5 Å². The van der Waals surface area contributed by atoms with Crippen LogP contribution >= 0.6 is 0 Å². The first-order chi connectivity index (χ1) is 7.58. The molecule has 0 unspecified atom stereocenters. The Labute approximate surface area is 93.0 Å². The van der Waals surface area contributed by atoms with Crippen LogP contribution in [0, 0.1) is 0 Å². The number of hydrogen-bond acceptors (Lipinski definition) is 4. The van der Waals surface area contributed by atoms with Crippen molar-refractivity contribution in [2.75, 3.05) is 0 Å². The summed E-state index contributed by atoms with van der Waals surface area (Å²) in [7, 11) is 0. The number of rotatable bonds is 1. The summed E-state index contributed by atoms with van der Waals surface area (Å²) in [5, 5.41) is 0. The van der Waals surface area contributed by atoms with Crippen LogP contribution in [0.5, 0.6) is 0 Å². The highest BCUT2D eigenvalue weighted by Gasteiger charge is 2.19. The van der Waals surface area contributed by atoms with Crippen molar-refractivity contribution in [1.82, 2.24) is 0 Å². The van der Waals surface area contributed by atoms with Gasteiger partial charge in [-0.2, -0.15) is 0 Å². The van der Waals surface area contributed by atoms with Crippen LogP contribution in [0.3, 0.4) is 0 Å². The molecule has 0 bridgehead atoms. The monoisotopic (exact) mass is 216 g/mol. The molecule has 0 aromatic carbocycles. The summed E-state index contributed by atoms with van der Waals surface area (Å²) in [6.07, 6.45) is 6.79. The fourth-order valence-corrected chi connectivity index (χ4v) is 1.71. The normalized spacial score (nSPS) is 21.0. The van der Waals surface area contributed by atoms with Gasteiger partial charge in [0, 0.05) is 35.4 Å². The molecule has 0 aliphatic heterocycles. The van der Waals surface area contributed by atoms with E-state index in [-0.39, 0.29) is 11.6 Å². The van der Waals surface area contributed by atoms with Gasteiger partial charge in [0.1, 0.15) is 0 Å². The van der Waals surface area contributed by atoms with E-state index in [0.29, 0.717) is 35.4 Å². The van der Waals surface area contributed by atoms with Crippen LogP contribution in [0.25, 0.3) is 0 Å². The fraction of sp³-hybridized carbons (Fsp3) is 0.167. The average molecular weight is 216 g/mol. The molecule has 0 aromatic heterocycles. The van der Waals surface area contributed by atoms with Gasteiger partial charge in [-0.1, -0.05) is 12.2 Å². The number of allylic oxidation sites excluding steroid dienone is 6. The molecule has 2 aliphatic carbocycles. The molecule has 16 heavy (non-hydrogen) atoms. The van der Waals surface area contributed by atoms with E-state index < -0.39 is 0 Å². The fourth-order valence-electron chi connectivity index (χ4n) is 1.71. The quantitative estimate of drug-likeness (QED) is 0.667. The van der Waals surface area contributed by atoms with Gasteiger partial charge in [0.15, 0.2) is 11.6 Å². The van der Waals surface area contributed by atoms with Gasteiger partial charge < -0.3 is 11.5 Å². The van der Waals surface area contributed by atoms with Crippen LogP contribution in [0.1, 0.15) is 12.8 Å². The zero-order valence-corrected chi connectivity index (χ0v) is 8.69. The molecule has 0 heterocycles. The Morgan fingerprint density at radius 1 is 0.812 bits per heavy atom. The Kier molecular flexibility index (Phi) is 2.48. The second-order valence-electron chi connectivity index (χ2n) is 3.78. The van der Waals surface area contributed by atoms with Gasteiger partial charge in [-0.05, 0) is 12.2 Å². The Balaban J connectivity index is 2.45. The minimum absolute atomic E-state index is 0.0316. The van der Waals surface area contributed by atoms with E-state index >= 15 is 0 Å². The summed E-state index contributed by atoms with van der Waals surface area (Å²) >= 11 is 0. The van der Waals surface area contributed by atoms with E-state index in [4.69, 9.17) is 11.5 Å². The Morgan fingerprint density at radius 2 is 1.19 bits per heavy atom. The number of carbonyl (C=O) groups is 2. The molecule has 0 saturated carbocycles.